The number of nitrogens with zero attached hydrogens (tertiary/aromatic N) is 2. The second-order valence-corrected chi connectivity index (χ2v) is 5.80. The molecule has 4 heteroatoms. The highest BCUT2D eigenvalue weighted by Crippen LogP contribution is 2.39. The number of aryl methyl sites for hydroxylation is 2. The lowest BCUT2D eigenvalue weighted by molar-refractivity contribution is 0.927. The highest BCUT2D eigenvalue weighted by Gasteiger charge is 2.27. The summed E-state index contributed by atoms with van der Waals surface area (Å²) in [5, 5.41) is 6.70. The molecule has 0 spiro atoms. The SMILES string of the molecule is CCNc1cc(Nc2cc(C)cc(C)c2)nc(C2CC2)n1. The Labute approximate surface area is 126 Å². The van der Waals surface area contributed by atoms with E-state index in [1.807, 2.05) is 6.07 Å². The van der Waals surface area contributed by atoms with E-state index >= 15 is 0 Å². The third kappa shape index (κ3) is 3.51. The second kappa shape index (κ2) is 5.72. The number of aromatic nitrogens is 2. The van der Waals surface area contributed by atoms with Gasteiger partial charge in [0, 0.05) is 24.2 Å². The van der Waals surface area contributed by atoms with Gasteiger partial charge in [-0.25, -0.2) is 9.97 Å². The average Bonchev–Trinajstić information content (AvgIpc) is 3.21. The van der Waals surface area contributed by atoms with Crippen LogP contribution >= 0.6 is 0 Å². The van der Waals surface area contributed by atoms with E-state index in [2.05, 4.69) is 59.6 Å². The zero-order valence-electron chi connectivity index (χ0n) is 12.9. The van der Waals surface area contributed by atoms with Gasteiger partial charge in [-0.1, -0.05) is 6.07 Å². The van der Waals surface area contributed by atoms with Crippen LogP contribution in [0.1, 0.15) is 42.6 Å². The van der Waals surface area contributed by atoms with Crippen molar-refractivity contribution in [3.05, 3.63) is 41.2 Å². The van der Waals surface area contributed by atoms with E-state index in [1.54, 1.807) is 0 Å². The summed E-state index contributed by atoms with van der Waals surface area (Å²) in [4.78, 5) is 9.27. The second-order valence-electron chi connectivity index (χ2n) is 5.80. The summed E-state index contributed by atoms with van der Waals surface area (Å²) < 4.78 is 0. The lowest BCUT2D eigenvalue weighted by Gasteiger charge is -2.11. The maximum absolute atomic E-state index is 4.67. The van der Waals surface area contributed by atoms with Crippen LogP contribution in [0.25, 0.3) is 0 Å². The standard InChI is InChI=1S/C17H22N4/c1-4-18-15-10-16(21-17(20-15)13-5-6-13)19-14-8-11(2)7-12(3)9-14/h7-10,13H,4-6H2,1-3H3,(H2,18,19,20,21). The van der Waals surface area contributed by atoms with Crippen LogP contribution in [0.4, 0.5) is 17.3 Å². The number of hydrogen-bond donors (Lipinski definition) is 2. The summed E-state index contributed by atoms with van der Waals surface area (Å²) in [6, 6.07) is 8.43. The molecule has 0 saturated heterocycles. The van der Waals surface area contributed by atoms with Crippen LogP contribution in [0.2, 0.25) is 0 Å². The molecule has 2 N–H and O–H groups in total. The van der Waals surface area contributed by atoms with Crippen molar-refractivity contribution in [1.82, 2.24) is 9.97 Å². The Morgan fingerprint density at radius 1 is 1.00 bits per heavy atom. The van der Waals surface area contributed by atoms with Crippen LogP contribution in [-0.4, -0.2) is 16.5 Å². The largest absolute Gasteiger partial charge is 0.370 e. The highest BCUT2D eigenvalue weighted by molar-refractivity contribution is 5.61. The minimum atomic E-state index is 0.545. The zero-order chi connectivity index (χ0) is 14.8. The van der Waals surface area contributed by atoms with Crippen molar-refractivity contribution in [1.29, 1.82) is 0 Å². The molecule has 1 aromatic heterocycles. The number of hydrogen-bond acceptors (Lipinski definition) is 4. The molecule has 21 heavy (non-hydrogen) atoms. The molecule has 1 heterocycles. The van der Waals surface area contributed by atoms with Gasteiger partial charge in [-0.3, -0.25) is 0 Å². The van der Waals surface area contributed by atoms with Crippen molar-refractivity contribution in [3.8, 4) is 0 Å². The fraction of sp³-hybridized carbons (Fsp3) is 0.412. The fourth-order valence-corrected chi connectivity index (χ4v) is 2.52. The molecule has 110 valence electrons. The number of anilines is 3. The van der Waals surface area contributed by atoms with Gasteiger partial charge in [0.25, 0.3) is 0 Å². The third-order valence-electron chi connectivity index (χ3n) is 3.54. The van der Waals surface area contributed by atoms with Gasteiger partial charge < -0.3 is 10.6 Å². The van der Waals surface area contributed by atoms with Crippen LogP contribution in [0.3, 0.4) is 0 Å². The summed E-state index contributed by atoms with van der Waals surface area (Å²) in [7, 11) is 0. The maximum atomic E-state index is 4.67. The Kier molecular flexibility index (Phi) is 3.78. The fourth-order valence-electron chi connectivity index (χ4n) is 2.52. The first-order valence-corrected chi connectivity index (χ1v) is 7.62. The lowest BCUT2D eigenvalue weighted by atomic mass is 10.1. The maximum Gasteiger partial charge on any atom is 0.136 e. The molecule has 1 saturated carbocycles. The molecule has 0 amide bonds. The summed E-state index contributed by atoms with van der Waals surface area (Å²) in [6.45, 7) is 7.16. The normalized spacial score (nSPS) is 14.0. The molecule has 0 unspecified atom stereocenters. The van der Waals surface area contributed by atoms with Crippen molar-refractivity contribution in [2.24, 2.45) is 0 Å². The van der Waals surface area contributed by atoms with Gasteiger partial charge in [0.2, 0.25) is 0 Å². The van der Waals surface area contributed by atoms with Crippen LogP contribution in [0, 0.1) is 13.8 Å². The van der Waals surface area contributed by atoms with Crippen LogP contribution < -0.4 is 10.6 Å². The predicted octanol–water partition coefficient (Wildman–Crippen LogP) is 4.15. The number of benzene rings is 1. The molecule has 1 fully saturated rings. The van der Waals surface area contributed by atoms with Crippen molar-refractivity contribution >= 4 is 17.3 Å². The minimum Gasteiger partial charge on any atom is -0.370 e. The van der Waals surface area contributed by atoms with Gasteiger partial charge in [0.15, 0.2) is 0 Å². The Balaban J connectivity index is 1.89. The minimum absolute atomic E-state index is 0.545. The topological polar surface area (TPSA) is 49.8 Å². The summed E-state index contributed by atoms with van der Waals surface area (Å²) in [5.41, 5.74) is 3.58. The summed E-state index contributed by atoms with van der Waals surface area (Å²) >= 11 is 0. The molecular weight excluding hydrogens is 260 g/mol. The number of rotatable bonds is 5. The molecule has 0 aliphatic heterocycles. The Morgan fingerprint density at radius 3 is 2.29 bits per heavy atom. The van der Waals surface area contributed by atoms with E-state index in [0.717, 1.165) is 29.7 Å². The van der Waals surface area contributed by atoms with Crippen LogP contribution in [-0.2, 0) is 0 Å². The first kappa shape index (κ1) is 13.9. The Morgan fingerprint density at radius 2 is 1.67 bits per heavy atom. The summed E-state index contributed by atoms with van der Waals surface area (Å²) in [5.74, 6) is 3.28. The molecule has 0 atom stereocenters. The molecule has 1 aliphatic rings. The molecule has 4 nitrogen and oxygen atoms in total. The highest BCUT2D eigenvalue weighted by atomic mass is 15.1. The van der Waals surface area contributed by atoms with Crippen molar-refractivity contribution in [2.75, 3.05) is 17.2 Å². The smallest absolute Gasteiger partial charge is 0.136 e. The van der Waals surface area contributed by atoms with Gasteiger partial charge in [-0.2, -0.15) is 0 Å². The van der Waals surface area contributed by atoms with Crippen LogP contribution in [0.15, 0.2) is 24.3 Å². The zero-order valence-corrected chi connectivity index (χ0v) is 12.9. The molecule has 0 radical (unpaired) electrons. The first-order valence-electron chi connectivity index (χ1n) is 7.62. The average molecular weight is 282 g/mol. The van der Waals surface area contributed by atoms with Gasteiger partial charge in [0.1, 0.15) is 17.5 Å². The van der Waals surface area contributed by atoms with Gasteiger partial charge in [-0.05, 0) is 56.9 Å². The van der Waals surface area contributed by atoms with E-state index in [1.165, 1.54) is 24.0 Å². The third-order valence-corrected chi connectivity index (χ3v) is 3.54. The Hall–Kier alpha value is -2.10. The lowest BCUT2D eigenvalue weighted by Crippen LogP contribution is -2.05. The van der Waals surface area contributed by atoms with E-state index in [0.29, 0.717) is 5.92 Å². The van der Waals surface area contributed by atoms with E-state index in [4.69, 9.17) is 0 Å². The monoisotopic (exact) mass is 282 g/mol. The molecule has 3 rings (SSSR count). The summed E-state index contributed by atoms with van der Waals surface area (Å²) in [6.07, 6.45) is 2.41. The van der Waals surface area contributed by atoms with Crippen molar-refractivity contribution in [3.63, 3.8) is 0 Å². The van der Waals surface area contributed by atoms with Crippen molar-refractivity contribution in [2.45, 2.75) is 39.5 Å². The molecule has 2 aromatic rings. The van der Waals surface area contributed by atoms with Gasteiger partial charge in [-0.15, -0.1) is 0 Å². The van der Waals surface area contributed by atoms with Gasteiger partial charge >= 0.3 is 0 Å². The van der Waals surface area contributed by atoms with Crippen molar-refractivity contribution < 1.29 is 0 Å². The quantitative estimate of drug-likeness (QED) is 0.865. The van der Waals surface area contributed by atoms with E-state index < -0.39 is 0 Å². The number of nitrogens with one attached hydrogen (secondary N) is 2. The molecule has 0 bridgehead atoms. The van der Waals surface area contributed by atoms with Crippen LogP contribution in [0.5, 0.6) is 0 Å². The van der Waals surface area contributed by atoms with E-state index in [-0.39, 0.29) is 0 Å². The van der Waals surface area contributed by atoms with E-state index in [9.17, 15) is 0 Å². The molecular formula is C17H22N4. The predicted molar refractivity (Wildman–Crippen MR) is 87.4 cm³/mol. The molecule has 1 aliphatic carbocycles. The van der Waals surface area contributed by atoms with Gasteiger partial charge in [0.05, 0.1) is 0 Å². The molecule has 1 aromatic carbocycles. The Bertz CT molecular complexity index is 627. The first-order chi connectivity index (χ1) is 10.1.